The average molecular weight is 242 g/mol. The maximum Gasteiger partial charge on any atom is 1.00 e. The van der Waals surface area contributed by atoms with Crippen molar-refractivity contribution in [1.82, 2.24) is 0 Å². The maximum absolute atomic E-state index is 10.5. The number of carbonyl (C=O) groups is 2. The van der Waals surface area contributed by atoms with Crippen LogP contribution in [-0.4, -0.2) is 22.2 Å². The molecule has 0 fully saturated rings. The van der Waals surface area contributed by atoms with Gasteiger partial charge in [0.1, 0.15) is 0 Å². The molecule has 6 heteroatoms. The van der Waals surface area contributed by atoms with Gasteiger partial charge in [0.25, 0.3) is 0 Å². The van der Waals surface area contributed by atoms with Crippen molar-refractivity contribution >= 4 is 24.3 Å². The van der Waals surface area contributed by atoms with Crippen LogP contribution in [0.2, 0.25) is 0 Å². The zero-order valence-corrected chi connectivity index (χ0v) is 11.4. The molecule has 1 rings (SSSR count). The van der Waals surface area contributed by atoms with Gasteiger partial charge in [-0.1, -0.05) is 12.1 Å². The predicted molar refractivity (Wildman–Crippen MR) is 47.6 cm³/mol. The molecule has 0 heterocycles. The SMILES string of the molecule is Cl.O=C(O)c1ccccc1C(=O)O.[K+]. The zero-order valence-electron chi connectivity index (χ0n) is 7.43. The molecule has 0 aliphatic rings. The van der Waals surface area contributed by atoms with E-state index in [0.717, 1.165) is 0 Å². The summed E-state index contributed by atoms with van der Waals surface area (Å²) in [5, 5.41) is 17.1. The summed E-state index contributed by atoms with van der Waals surface area (Å²) in [6.45, 7) is 0. The number of rotatable bonds is 2. The molecule has 4 nitrogen and oxygen atoms in total. The first-order valence-electron chi connectivity index (χ1n) is 3.18. The molecular weight excluding hydrogens is 235 g/mol. The molecule has 0 aliphatic carbocycles. The molecule has 0 saturated carbocycles. The second-order valence-corrected chi connectivity index (χ2v) is 2.16. The summed E-state index contributed by atoms with van der Waals surface area (Å²) in [5.74, 6) is -2.46. The normalized spacial score (nSPS) is 8.00. The average Bonchev–Trinajstić information content (AvgIpc) is 2.04. The molecule has 0 saturated heterocycles. The number of hydrogen-bond acceptors (Lipinski definition) is 2. The topological polar surface area (TPSA) is 74.6 Å². The van der Waals surface area contributed by atoms with Crippen LogP contribution in [0.25, 0.3) is 0 Å². The minimum atomic E-state index is -1.23. The predicted octanol–water partition coefficient (Wildman–Crippen LogP) is -1.49. The van der Waals surface area contributed by atoms with Crippen molar-refractivity contribution in [3.63, 3.8) is 0 Å². The Bertz CT molecular complexity index is 307. The first-order chi connectivity index (χ1) is 5.63. The Balaban J connectivity index is 0. The smallest absolute Gasteiger partial charge is 0.478 e. The van der Waals surface area contributed by atoms with Gasteiger partial charge in [0.15, 0.2) is 0 Å². The number of benzene rings is 1. The van der Waals surface area contributed by atoms with Crippen molar-refractivity contribution in [2.24, 2.45) is 0 Å². The van der Waals surface area contributed by atoms with E-state index in [1.54, 1.807) is 0 Å². The largest absolute Gasteiger partial charge is 1.00 e. The molecule has 2 N–H and O–H groups in total. The third-order valence-electron chi connectivity index (χ3n) is 1.39. The number of carboxylic acids is 2. The summed E-state index contributed by atoms with van der Waals surface area (Å²) in [7, 11) is 0. The monoisotopic (exact) mass is 241 g/mol. The summed E-state index contributed by atoms with van der Waals surface area (Å²) < 4.78 is 0. The first kappa shape index (κ1) is 16.5. The van der Waals surface area contributed by atoms with E-state index in [2.05, 4.69) is 0 Å². The summed E-state index contributed by atoms with van der Waals surface area (Å²) >= 11 is 0. The Morgan fingerprint density at radius 3 is 1.43 bits per heavy atom. The van der Waals surface area contributed by atoms with Gasteiger partial charge in [-0.2, -0.15) is 0 Å². The van der Waals surface area contributed by atoms with E-state index < -0.39 is 11.9 Å². The molecule has 70 valence electrons. The van der Waals surface area contributed by atoms with E-state index in [0.29, 0.717) is 0 Å². The van der Waals surface area contributed by atoms with Gasteiger partial charge in [-0.25, -0.2) is 9.59 Å². The van der Waals surface area contributed by atoms with Crippen molar-refractivity contribution in [2.75, 3.05) is 0 Å². The molecule has 1 aromatic rings. The first-order valence-corrected chi connectivity index (χ1v) is 3.18. The van der Waals surface area contributed by atoms with E-state index >= 15 is 0 Å². The number of halogens is 1. The molecule has 0 unspecified atom stereocenters. The molecule has 0 radical (unpaired) electrons. The Labute approximate surface area is 129 Å². The molecule has 0 bridgehead atoms. The Kier molecular flexibility index (Phi) is 8.71. The summed E-state index contributed by atoms with van der Waals surface area (Å²) in [6.07, 6.45) is 0. The van der Waals surface area contributed by atoms with Crippen LogP contribution in [0.1, 0.15) is 20.7 Å². The number of aromatic carboxylic acids is 2. The molecule has 1 aromatic carbocycles. The second-order valence-electron chi connectivity index (χ2n) is 2.16. The van der Waals surface area contributed by atoms with Crippen molar-refractivity contribution in [1.29, 1.82) is 0 Å². The third-order valence-corrected chi connectivity index (χ3v) is 1.39. The van der Waals surface area contributed by atoms with Crippen LogP contribution in [0.15, 0.2) is 24.3 Å². The Morgan fingerprint density at radius 2 is 1.21 bits per heavy atom. The van der Waals surface area contributed by atoms with Crippen molar-refractivity contribution in [3.05, 3.63) is 35.4 Å². The fraction of sp³-hybridized carbons (Fsp3) is 0. The van der Waals surface area contributed by atoms with Crippen LogP contribution >= 0.6 is 12.4 Å². The minimum absolute atomic E-state index is 0. The van der Waals surface area contributed by atoms with Crippen molar-refractivity contribution in [3.8, 4) is 0 Å². The van der Waals surface area contributed by atoms with Gasteiger partial charge < -0.3 is 10.2 Å². The summed E-state index contributed by atoms with van der Waals surface area (Å²) in [5.41, 5.74) is -0.380. The molecule has 0 amide bonds. The Morgan fingerprint density at radius 1 is 0.929 bits per heavy atom. The van der Waals surface area contributed by atoms with E-state index in [1.807, 2.05) is 0 Å². The van der Waals surface area contributed by atoms with Crippen LogP contribution in [0.3, 0.4) is 0 Å². The molecule has 0 spiro atoms. The minimum Gasteiger partial charge on any atom is -0.478 e. The second kappa shape index (κ2) is 7.39. The number of carboxylic acid groups (broad SMARTS) is 2. The van der Waals surface area contributed by atoms with Gasteiger partial charge >= 0.3 is 63.3 Å². The molecule has 0 aromatic heterocycles. The standard InChI is InChI=1S/C8H6O4.ClH.K/c9-7(10)5-3-1-2-4-6(5)8(11)12;;/h1-4H,(H,9,10)(H,11,12);1H;/q;;+1. The van der Waals surface area contributed by atoms with Crippen LogP contribution in [0.4, 0.5) is 0 Å². The van der Waals surface area contributed by atoms with Gasteiger partial charge in [0.05, 0.1) is 11.1 Å². The maximum atomic E-state index is 10.5. The summed E-state index contributed by atoms with van der Waals surface area (Å²) in [4.78, 5) is 20.9. The number of hydrogen-bond donors (Lipinski definition) is 2. The fourth-order valence-electron chi connectivity index (χ4n) is 0.856. The van der Waals surface area contributed by atoms with Crippen molar-refractivity contribution in [2.45, 2.75) is 0 Å². The van der Waals surface area contributed by atoms with E-state index in [1.165, 1.54) is 24.3 Å². The van der Waals surface area contributed by atoms with Crippen LogP contribution < -0.4 is 51.4 Å². The van der Waals surface area contributed by atoms with E-state index in [9.17, 15) is 9.59 Å². The van der Waals surface area contributed by atoms with Crippen LogP contribution in [0, 0.1) is 0 Å². The van der Waals surface area contributed by atoms with Gasteiger partial charge in [0.2, 0.25) is 0 Å². The quantitative estimate of drug-likeness (QED) is 0.619. The van der Waals surface area contributed by atoms with E-state index in [-0.39, 0.29) is 74.9 Å². The molecule has 0 atom stereocenters. The van der Waals surface area contributed by atoms with E-state index in [4.69, 9.17) is 10.2 Å². The van der Waals surface area contributed by atoms with Crippen LogP contribution in [0.5, 0.6) is 0 Å². The van der Waals surface area contributed by atoms with Crippen molar-refractivity contribution < 1.29 is 71.2 Å². The van der Waals surface area contributed by atoms with Gasteiger partial charge in [-0.15, -0.1) is 12.4 Å². The zero-order chi connectivity index (χ0) is 9.14. The fourth-order valence-corrected chi connectivity index (χ4v) is 0.856. The molecule has 0 aliphatic heterocycles. The molecule has 14 heavy (non-hydrogen) atoms. The third kappa shape index (κ3) is 4.08. The van der Waals surface area contributed by atoms with Gasteiger partial charge in [-0.3, -0.25) is 0 Å². The summed E-state index contributed by atoms with van der Waals surface area (Å²) in [6, 6.07) is 5.48. The van der Waals surface area contributed by atoms with Gasteiger partial charge in [0, 0.05) is 0 Å². The van der Waals surface area contributed by atoms with Gasteiger partial charge in [-0.05, 0) is 12.1 Å². The Hall–Kier alpha value is 0.0864. The van der Waals surface area contributed by atoms with Crippen LogP contribution in [-0.2, 0) is 0 Å². The molecular formula is C8H7ClKO4+.